The zero-order valence-electron chi connectivity index (χ0n) is 18.3. The Labute approximate surface area is 187 Å². The Kier molecular flexibility index (Phi) is 6.96. The van der Waals surface area contributed by atoms with E-state index in [9.17, 15) is 0 Å². The molecule has 166 valence electrons. The van der Waals surface area contributed by atoms with Gasteiger partial charge in [-0.25, -0.2) is 5.43 Å². The molecule has 0 bridgehead atoms. The van der Waals surface area contributed by atoms with E-state index in [1.54, 1.807) is 20.4 Å². The Bertz CT molecular complexity index is 1050. The molecule has 32 heavy (non-hydrogen) atoms. The van der Waals surface area contributed by atoms with Crippen LogP contribution < -0.4 is 25.1 Å². The lowest BCUT2D eigenvalue weighted by Crippen LogP contribution is -2.31. The van der Waals surface area contributed by atoms with Crippen LogP contribution in [0.25, 0.3) is 0 Å². The van der Waals surface area contributed by atoms with Gasteiger partial charge in [-0.3, -0.25) is 0 Å². The summed E-state index contributed by atoms with van der Waals surface area (Å²) in [5, 5.41) is 7.56. The number of piperidine rings is 1. The van der Waals surface area contributed by atoms with Gasteiger partial charge < -0.3 is 19.7 Å². The molecule has 0 amide bonds. The van der Waals surface area contributed by atoms with E-state index in [0.29, 0.717) is 29.3 Å². The first-order valence-corrected chi connectivity index (χ1v) is 10.6. The van der Waals surface area contributed by atoms with Gasteiger partial charge in [-0.1, -0.05) is 18.2 Å². The van der Waals surface area contributed by atoms with Crippen molar-refractivity contribution < 1.29 is 9.47 Å². The summed E-state index contributed by atoms with van der Waals surface area (Å²) >= 11 is 0. The third-order valence-electron chi connectivity index (χ3n) is 5.08. The summed E-state index contributed by atoms with van der Waals surface area (Å²) in [5.74, 6) is 2.78. The van der Waals surface area contributed by atoms with Gasteiger partial charge in [-0.15, -0.1) is 0 Å². The number of hydrazone groups is 1. The van der Waals surface area contributed by atoms with Crippen LogP contribution in [0.5, 0.6) is 11.5 Å². The number of nitrogens with one attached hydrogen (secondary N) is 2. The molecule has 1 aliphatic rings. The zero-order valence-corrected chi connectivity index (χ0v) is 18.3. The maximum Gasteiger partial charge on any atom is 0.250 e. The summed E-state index contributed by atoms with van der Waals surface area (Å²) in [7, 11) is 3.21. The number of hydrogen-bond donors (Lipinski definition) is 2. The molecule has 1 aliphatic heterocycles. The summed E-state index contributed by atoms with van der Waals surface area (Å²) in [6.07, 6.45) is 5.18. The van der Waals surface area contributed by atoms with Crippen LogP contribution in [0.2, 0.25) is 0 Å². The van der Waals surface area contributed by atoms with Crippen molar-refractivity contribution in [1.29, 1.82) is 0 Å². The average Bonchev–Trinajstić information content (AvgIpc) is 2.85. The number of para-hydroxylation sites is 1. The summed E-state index contributed by atoms with van der Waals surface area (Å²) in [6, 6.07) is 15.4. The Morgan fingerprint density at radius 3 is 2.38 bits per heavy atom. The molecule has 2 aromatic carbocycles. The van der Waals surface area contributed by atoms with Crippen molar-refractivity contribution in [2.75, 3.05) is 43.0 Å². The highest BCUT2D eigenvalue weighted by Gasteiger charge is 2.16. The van der Waals surface area contributed by atoms with Crippen LogP contribution in [0.3, 0.4) is 0 Å². The van der Waals surface area contributed by atoms with Crippen molar-refractivity contribution in [3.63, 3.8) is 0 Å². The third kappa shape index (κ3) is 5.42. The van der Waals surface area contributed by atoms with E-state index in [4.69, 9.17) is 9.47 Å². The lowest BCUT2D eigenvalue weighted by molar-refractivity contribution is 0.355. The highest BCUT2D eigenvalue weighted by atomic mass is 16.5. The molecule has 1 saturated heterocycles. The van der Waals surface area contributed by atoms with Gasteiger partial charge in [0.05, 0.1) is 20.4 Å². The topological polar surface area (TPSA) is 96.8 Å². The predicted octanol–water partition coefficient (Wildman–Crippen LogP) is 4.07. The minimum absolute atomic E-state index is 0.371. The van der Waals surface area contributed by atoms with Gasteiger partial charge in [0.15, 0.2) is 11.5 Å². The van der Waals surface area contributed by atoms with Gasteiger partial charge in [-0.05, 0) is 55.2 Å². The van der Waals surface area contributed by atoms with Crippen LogP contribution in [0.15, 0.2) is 53.6 Å². The van der Waals surface area contributed by atoms with Gasteiger partial charge in [0.2, 0.25) is 17.8 Å². The van der Waals surface area contributed by atoms with E-state index in [1.807, 2.05) is 48.5 Å². The maximum absolute atomic E-state index is 5.34. The average molecular weight is 434 g/mol. The fourth-order valence-electron chi connectivity index (χ4n) is 3.45. The lowest BCUT2D eigenvalue weighted by Gasteiger charge is -2.26. The molecule has 1 aromatic heterocycles. The Balaban J connectivity index is 1.55. The molecule has 0 unspecified atom stereocenters. The fourth-order valence-corrected chi connectivity index (χ4v) is 3.45. The number of aromatic nitrogens is 3. The number of ether oxygens (including phenoxy) is 2. The molecule has 4 rings (SSSR count). The standard InChI is InChI=1S/C23H27N7O2/c1-31-19-12-11-17(15-20(19)32-2)16-24-29-22-26-21(25-18-9-5-3-6-10-18)27-23(28-22)30-13-7-4-8-14-30/h3,5-6,9-12,15-16H,4,7-8,13-14H2,1-2H3,(H2,25,26,27,28,29)/b24-16+. The normalized spacial score (nSPS) is 13.8. The van der Waals surface area contributed by atoms with Gasteiger partial charge in [-0.2, -0.15) is 20.1 Å². The molecule has 3 aromatic rings. The molecule has 2 heterocycles. The number of hydrogen-bond acceptors (Lipinski definition) is 9. The summed E-state index contributed by atoms with van der Waals surface area (Å²) < 4.78 is 10.6. The fraction of sp³-hybridized carbons (Fsp3) is 0.304. The first kappa shape index (κ1) is 21.4. The zero-order chi connectivity index (χ0) is 22.2. The molecule has 0 aliphatic carbocycles. The second-order valence-corrected chi connectivity index (χ2v) is 7.31. The van der Waals surface area contributed by atoms with Crippen LogP contribution in [-0.4, -0.2) is 48.5 Å². The van der Waals surface area contributed by atoms with Crippen LogP contribution in [-0.2, 0) is 0 Å². The van der Waals surface area contributed by atoms with Crippen molar-refractivity contribution >= 4 is 29.7 Å². The van der Waals surface area contributed by atoms with E-state index in [-0.39, 0.29) is 0 Å². The van der Waals surface area contributed by atoms with Crippen molar-refractivity contribution in [3.05, 3.63) is 54.1 Å². The molecule has 0 radical (unpaired) electrons. The molecule has 0 saturated carbocycles. The van der Waals surface area contributed by atoms with Crippen LogP contribution >= 0.6 is 0 Å². The molecular formula is C23H27N7O2. The summed E-state index contributed by atoms with van der Waals surface area (Å²) in [4.78, 5) is 15.9. The van der Waals surface area contributed by atoms with Gasteiger partial charge in [0.1, 0.15) is 0 Å². The Morgan fingerprint density at radius 2 is 1.62 bits per heavy atom. The number of methoxy groups -OCH3 is 2. The third-order valence-corrected chi connectivity index (χ3v) is 5.08. The van der Waals surface area contributed by atoms with Crippen LogP contribution in [0, 0.1) is 0 Å². The summed E-state index contributed by atoms with van der Waals surface area (Å²) in [5.41, 5.74) is 4.69. The smallest absolute Gasteiger partial charge is 0.250 e. The van der Waals surface area contributed by atoms with Crippen molar-refractivity contribution in [2.45, 2.75) is 19.3 Å². The van der Waals surface area contributed by atoms with Crippen LogP contribution in [0.4, 0.5) is 23.5 Å². The van der Waals surface area contributed by atoms with Gasteiger partial charge in [0, 0.05) is 18.8 Å². The van der Waals surface area contributed by atoms with E-state index in [1.165, 1.54) is 6.42 Å². The molecular weight excluding hydrogens is 406 g/mol. The highest BCUT2D eigenvalue weighted by Crippen LogP contribution is 2.27. The highest BCUT2D eigenvalue weighted by molar-refractivity contribution is 5.81. The van der Waals surface area contributed by atoms with E-state index in [2.05, 4.69) is 35.7 Å². The second-order valence-electron chi connectivity index (χ2n) is 7.31. The number of nitrogens with zero attached hydrogens (tertiary/aromatic N) is 5. The Morgan fingerprint density at radius 1 is 0.875 bits per heavy atom. The van der Waals surface area contributed by atoms with Crippen LogP contribution in [0.1, 0.15) is 24.8 Å². The van der Waals surface area contributed by atoms with Gasteiger partial charge in [0.25, 0.3) is 0 Å². The first-order chi connectivity index (χ1) is 15.7. The summed E-state index contributed by atoms with van der Waals surface area (Å²) in [6.45, 7) is 1.87. The van der Waals surface area contributed by atoms with Crippen molar-refractivity contribution in [3.8, 4) is 11.5 Å². The largest absolute Gasteiger partial charge is 0.493 e. The lowest BCUT2D eigenvalue weighted by atomic mass is 10.1. The molecule has 9 heteroatoms. The molecule has 1 fully saturated rings. The number of benzene rings is 2. The minimum atomic E-state index is 0.371. The van der Waals surface area contributed by atoms with Gasteiger partial charge >= 0.3 is 0 Å². The first-order valence-electron chi connectivity index (χ1n) is 10.6. The van der Waals surface area contributed by atoms with E-state index >= 15 is 0 Å². The predicted molar refractivity (Wildman–Crippen MR) is 126 cm³/mol. The monoisotopic (exact) mass is 433 g/mol. The minimum Gasteiger partial charge on any atom is -0.493 e. The molecule has 9 nitrogen and oxygen atoms in total. The van der Waals surface area contributed by atoms with E-state index < -0.39 is 0 Å². The molecule has 0 atom stereocenters. The van der Waals surface area contributed by atoms with Crippen molar-refractivity contribution in [1.82, 2.24) is 15.0 Å². The second kappa shape index (κ2) is 10.4. The Hall–Kier alpha value is -3.88. The van der Waals surface area contributed by atoms with Crippen molar-refractivity contribution in [2.24, 2.45) is 5.10 Å². The SMILES string of the molecule is COc1ccc(/C=N/Nc2nc(Nc3ccccc3)nc(N3CCCCC3)n2)cc1OC. The molecule has 2 N–H and O–H groups in total. The molecule has 0 spiro atoms. The number of anilines is 4. The quantitative estimate of drug-likeness (QED) is 0.405. The van der Waals surface area contributed by atoms with E-state index in [0.717, 1.165) is 37.2 Å². The maximum atomic E-state index is 5.34. The number of rotatable bonds is 8.